The van der Waals surface area contributed by atoms with Gasteiger partial charge in [-0.3, -0.25) is 4.90 Å². The number of nitrogens with one attached hydrogen (secondary N) is 1. The van der Waals surface area contributed by atoms with E-state index in [-0.39, 0.29) is 12.8 Å². The zero-order valence-electron chi connectivity index (χ0n) is 12.8. The lowest BCUT2D eigenvalue weighted by molar-refractivity contribution is 0.225. The predicted molar refractivity (Wildman–Crippen MR) is 86.5 cm³/mol. The van der Waals surface area contributed by atoms with Crippen molar-refractivity contribution in [1.82, 2.24) is 5.32 Å². The number of hydrogen-bond donors (Lipinski definition) is 1. The van der Waals surface area contributed by atoms with E-state index in [9.17, 15) is 4.79 Å². The molecule has 0 saturated heterocycles. The van der Waals surface area contributed by atoms with E-state index < -0.39 is 0 Å². The van der Waals surface area contributed by atoms with Gasteiger partial charge in [0.2, 0.25) is 0 Å². The van der Waals surface area contributed by atoms with Crippen molar-refractivity contribution in [3.8, 4) is 11.5 Å². The molecule has 0 bridgehead atoms. The van der Waals surface area contributed by atoms with Crippen LogP contribution >= 0.6 is 0 Å². The number of carbonyl (C=O) groups is 1. The molecule has 5 nitrogen and oxygen atoms in total. The van der Waals surface area contributed by atoms with E-state index in [1.54, 1.807) is 13.1 Å². The summed E-state index contributed by atoms with van der Waals surface area (Å²) in [6.45, 7) is 2.54. The van der Waals surface area contributed by atoms with Gasteiger partial charge in [0, 0.05) is 12.7 Å². The highest BCUT2D eigenvalue weighted by atomic mass is 16.5. The Morgan fingerprint density at radius 2 is 1.59 bits per heavy atom. The highest BCUT2D eigenvalue weighted by molar-refractivity contribution is 5.91. The Balaban J connectivity index is 1.87. The Hall–Kier alpha value is -2.69. The molecule has 22 heavy (non-hydrogen) atoms. The van der Waals surface area contributed by atoms with Gasteiger partial charge < -0.3 is 14.8 Å². The molecule has 2 aromatic rings. The number of para-hydroxylation sites is 3. The number of anilines is 1. The molecule has 0 heterocycles. The van der Waals surface area contributed by atoms with Crippen molar-refractivity contribution < 1.29 is 14.3 Å². The first-order valence-corrected chi connectivity index (χ1v) is 7.13. The van der Waals surface area contributed by atoms with Crippen LogP contribution in [-0.4, -0.2) is 26.4 Å². The molecule has 5 heteroatoms. The van der Waals surface area contributed by atoms with Crippen molar-refractivity contribution in [2.75, 3.05) is 25.3 Å². The molecule has 0 radical (unpaired) electrons. The lowest BCUT2D eigenvalue weighted by Gasteiger charge is -2.18. The quantitative estimate of drug-likeness (QED) is 0.833. The summed E-state index contributed by atoms with van der Waals surface area (Å²) in [5.41, 5.74) is 0.815. The van der Waals surface area contributed by atoms with Crippen LogP contribution in [0.4, 0.5) is 10.5 Å². The first-order valence-electron chi connectivity index (χ1n) is 7.13. The predicted octanol–water partition coefficient (Wildman–Crippen LogP) is 3.27. The number of nitrogens with zero attached hydrogens (tertiary/aromatic N) is 1. The molecule has 0 spiro atoms. The minimum Gasteiger partial charge on any atom is -0.490 e. The second-order valence-corrected chi connectivity index (χ2v) is 4.54. The lowest BCUT2D eigenvalue weighted by atomic mass is 10.3. The van der Waals surface area contributed by atoms with E-state index in [1.165, 1.54) is 4.90 Å². The number of rotatable bonds is 6. The highest BCUT2D eigenvalue weighted by Crippen LogP contribution is 2.25. The molecule has 0 aliphatic heterocycles. The van der Waals surface area contributed by atoms with Crippen molar-refractivity contribution >= 4 is 11.7 Å². The summed E-state index contributed by atoms with van der Waals surface area (Å²) in [6.07, 6.45) is 0. The number of carbonyl (C=O) groups excluding carboxylic acids is 1. The van der Waals surface area contributed by atoms with E-state index >= 15 is 0 Å². The lowest BCUT2D eigenvalue weighted by Crippen LogP contribution is -2.39. The fraction of sp³-hybridized carbons (Fsp3) is 0.235. The van der Waals surface area contributed by atoms with Crippen molar-refractivity contribution in [2.24, 2.45) is 0 Å². The molecule has 0 aliphatic rings. The molecule has 2 rings (SSSR count). The Labute approximate surface area is 130 Å². The summed E-state index contributed by atoms with van der Waals surface area (Å²) in [6, 6.07) is 16.5. The minimum absolute atomic E-state index is 0.0695. The maximum absolute atomic E-state index is 12.0. The van der Waals surface area contributed by atoms with Gasteiger partial charge in [-0.15, -0.1) is 0 Å². The largest absolute Gasteiger partial charge is 0.490 e. The molecule has 2 aromatic carbocycles. The van der Waals surface area contributed by atoms with Gasteiger partial charge in [0.1, 0.15) is 0 Å². The molecule has 116 valence electrons. The molecule has 0 aromatic heterocycles. The molecule has 0 atom stereocenters. The van der Waals surface area contributed by atoms with Crippen LogP contribution in [0.3, 0.4) is 0 Å². The fourth-order valence-corrected chi connectivity index (χ4v) is 1.91. The fourth-order valence-electron chi connectivity index (χ4n) is 1.91. The van der Waals surface area contributed by atoms with Gasteiger partial charge in [-0.1, -0.05) is 30.3 Å². The van der Waals surface area contributed by atoms with Crippen molar-refractivity contribution in [3.63, 3.8) is 0 Å². The Morgan fingerprint density at radius 3 is 2.23 bits per heavy atom. The van der Waals surface area contributed by atoms with Crippen molar-refractivity contribution in [2.45, 2.75) is 6.92 Å². The molecule has 2 amide bonds. The van der Waals surface area contributed by atoms with Gasteiger partial charge in [0.15, 0.2) is 18.2 Å². The summed E-state index contributed by atoms with van der Waals surface area (Å²) in [7, 11) is 1.71. The zero-order valence-corrected chi connectivity index (χ0v) is 12.8. The average molecular weight is 300 g/mol. The van der Waals surface area contributed by atoms with Crippen LogP contribution in [0.5, 0.6) is 11.5 Å². The molecule has 0 saturated carbocycles. The van der Waals surface area contributed by atoms with Gasteiger partial charge in [-0.05, 0) is 31.2 Å². The Bertz CT molecular complexity index is 602. The summed E-state index contributed by atoms with van der Waals surface area (Å²) in [5.74, 6) is 1.27. The number of hydrogen-bond acceptors (Lipinski definition) is 3. The Kier molecular flexibility index (Phi) is 5.65. The van der Waals surface area contributed by atoms with Gasteiger partial charge in [0.25, 0.3) is 0 Å². The maximum Gasteiger partial charge on any atom is 0.324 e. The zero-order chi connectivity index (χ0) is 15.8. The van der Waals surface area contributed by atoms with Crippen LogP contribution < -0.4 is 19.7 Å². The first kappa shape index (κ1) is 15.7. The van der Waals surface area contributed by atoms with E-state index in [4.69, 9.17) is 9.47 Å². The number of urea groups is 1. The van der Waals surface area contributed by atoms with E-state index in [0.717, 1.165) is 5.69 Å². The molecule has 0 aliphatic carbocycles. The van der Waals surface area contributed by atoms with E-state index in [2.05, 4.69) is 5.32 Å². The SMILES string of the molecule is CCOc1ccccc1OCNC(=O)N(C)c1ccccc1. The normalized spacial score (nSPS) is 9.91. The highest BCUT2D eigenvalue weighted by Gasteiger charge is 2.10. The first-order chi connectivity index (χ1) is 10.7. The van der Waals surface area contributed by atoms with Crippen LogP contribution in [-0.2, 0) is 0 Å². The van der Waals surface area contributed by atoms with Crippen LogP contribution in [0.2, 0.25) is 0 Å². The summed E-state index contributed by atoms with van der Waals surface area (Å²) < 4.78 is 11.0. The molecule has 0 fully saturated rings. The summed E-state index contributed by atoms with van der Waals surface area (Å²) >= 11 is 0. The molecular formula is C17H20N2O3. The van der Waals surface area contributed by atoms with E-state index in [1.807, 2.05) is 55.5 Å². The number of ether oxygens (including phenoxy) is 2. The average Bonchev–Trinajstić information content (AvgIpc) is 2.56. The van der Waals surface area contributed by atoms with Crippen LogP contribution in [0.15, 0.2) is 54.6 Å². The second kappa shape index (κ2) is 7.93. The number of benzene rings is 2. The molecule has 1 N–H and O–H groups in total. The van der Waals surface area contributed by atoms with Gasteiger partial charge in [-0.2, -0.15) is 0 Å². The monoisotopic (exact) mass is 300 g/mol. The van der Waals surface area contributed by atoms with Gasteiger partial charge in [0.05, 0.1) is 6.61 Å². The maximum atomic E-state index is 12.0. The van der Waals surface area contributed by atoms with E-state index in [0.29, 0.717) is 18.1 Å². The topological polar surface area (TPSA) is 50.8 Å². The van der Waals surface area contributed by atoms with Gasteiger partial charge >= 0.3 is 6.03 Å². The third-order valence-electron chi connectivity index (χ3n) is 3.05. The molecular weight excluding hydrogens is 280 g/mol. The van der Waals surface area contributed by atoms with Crippen molar-refractivity contribution in [1.29, 1.82) is 0 Å². The standard InChI is InChI=1S/C17H20N2O3/c1-3-21-15-11-7-8-12-16(15)22-13-18-17(20)19(2)14-9-5-4-6-10-14/h4-12H,3,13H2,1-2H3,(H,18,20). The third kappa shape index (κ3) is 4.15. The molecule has 0 unspecified atom stereocenters. The van der Waals surface area contributed by atoms with Crippen LogP contribution in [0, 0.1) is 0 Å². The van der Waals surface area contributed by atoms with Crippen LogP contribution in [0.25, 0.3) is 0 Å². The number of amides is 2. The third-order valence-corrected chi connectivity index (χ3v) is 3.05. The van der Waals surface area contributed by atoms with Gasteiger partial charge in [-0.25, -0.2) is 4.79 Å². The minimum atomic E-state index is -0.236. The summed E-state index contributed by atoms with van der Waals surface area (Å²) in [4.78, 5) is 13.6. The smallest absolute Gasteiger partial charge is 0.324 e. The Morgan fingerprint density at radius 1 is 1.00 bits per heavy atom. The van der Waals surface area contributed by atoms with Crippen molar-refractivity contribution in [3.05, 3.63) is 54.6 Å². The van der Waals surface area contributed by atoms with Crippen LogP contribution in [0.1, 0.15) is 6.92 Å². The second-order valence-electron chi connectivity index (χ2n) is 4.54. The summed E-state index contributed by atoms with van der Waals surface area (Å²) in [5, 5.41) is 2.71.